The Labute approximate surface area is 196 Å². The molecule has 3 aromatic rings. The first-order chi connectivity index (χ1) is 15.9. The molecule has 0 aliphatic carbocycles. The summed E-state index contributed by atoms with van der Waals surface area (Å²) >= 11 is 6.28. The van der Waals surface area contributed by atoms with Crippen LogP contribution in [0.25, 0.3) is 5.57 Å². The molecule has 2 amide bonds. The summed E-state index contributed by atoms with van der Waals surface area (Å²) in [6, 6.07) is 18.4. The minimum absolute atomic E-state index is 0.115. The average Bonchev–Trinajstić information content (AvgIpc) is 3.35. The smallest absolute Gasteiger partial charge is 0.278 e. The Morgan fingerprint density at radius 1 is 0.909 bits per heavy atom. The molecule has 166 valence electrons. The van der Waals surface area contributed by atoms with Crippen LogP contribution in [-0.4, -0.2) is 23.5 Å². The Kier molecular flexibility index (Phi) is 5.30. The number of ether oxygens (including phenoxy) is 2. The van der Waals surface area contributed by atoms with E-state index in [0.717, 1.165) is 16.7 Å². The largest absolute Gasteiger partial charge is 0.454 e. The molecular weight excluding hydrogens is 440 g/mol. The fourth-order valence-electron chi connectivity index (χ4n) is 3.86. The molecule has 5 rings (SSSR count). The van der Waals surface area contributed by atoms with Crippen molar-refractivity contribution in [1.82, 2.24) is 4.90 Å². The van der Waals surface area contributed by atoms with Crippen molar-refractivity contribution in [3.8, 4) is 11.5 Å². The van der Waals surface area contributed by atoms with Crippen molar-refractivity contribution in [3.05, 3.63) is 93.6 Å². The molecule has 1 N–H and O–H groups in total. The maximum absolute atomic E-state index is 13.5. The van der Waals surface area contributed by atoms with Gasteiger partial charge in [-0.15, -0.1) is 0 Å². The van der Waals surface area contributed by atoms with Gasteiger partial charge in [-0.2, -0.15) is 0 Å². The van der Waals surface area contributed by atoms with Gasteiger partial charge in [0.05, 0.1) is 12.1 Å². The number of imide groups is 1. The van der Waals surface area contributed by atoms with Crippen molar-refractivity contribution < 1.29 is 19.1 Å². The Morgan fingerprint density at radius 2 is 1.67 bits per heavy atom. The van der Waals surface area contributed by atoms with Crippen molar-refractivity contribution in [2.24, 2.45) is 0 Å². The Balaban J connectivity index is 1.51. The molecule has 2 aliphatic rings. The van der Waals surface area contributed by atoms with Crippen molar-refractivity contribution >= 4 is 34.7 Å². The summed E-state index contributed by atoms with van der Waals surface area (Å²) in [5.74, 6) is 0.494. The van der Waals surface area contributed by atoms with Gasteiger partial charge in [0.15, 0.2) is 11.5 Å². The van der Waals surface area contributed by atoms with Crippen molar-refractivity contribution in [2.75, 3.05) is 12.1 Å². The molecule has 0 aromatic heterocycles. The van der Waals surface area contributed by atoms with Crippen LogP contribution in [0, 0.1) is 13.8 Å². The molecule has 2 heterocycles. The summed E-state index contributed by atoms with van der Waals surface area (Å²) in [5, 5.41) is 3.72. The van der Waals surface area contributed by atoms with E-state index in [2.05, 4.69) is 5.32 Å². The van der Waals surface area contributed by atoms with Gasteiger partial charge in [-0.05, 0) is 54.8 Å². The number of halogens is 1. The fraction of sp³-hybridized carbons (Fsp3) is 0.154. The normalized spacial score (nSPS) is 14.9. The van der Waals surface area contributed by atoms with E-state index in [0.29, 0.717) is 33.3 Å². The van der Waals surface area contributed by atoms with Crippen LogP contribution < -0.4 is 14.8 Å². The molecule has 0 fully saturated rings. The van der Waals surface area contributed by atoms with Gasteiger partial charge in [-0.1, -0.05) is 53.6 Å². The Morgan fingerprint density at radius 3 is 2.42 bits per heavy atom. The number of rotatable bonds is 5. The predicted molar refractivity (Wildman–Crippen MR) is 126 cm³/mol. The monoisotopic (exact) mass is 460 g/mol. The number of carbonyl (C=O) groups is 2. The van der Waals surface area contributed by atoms with E-state index in [-0.39, 0.29) is 24.9 Å². The highest BCUT2D eigenvalue weighted by atomic mass is 35.5. The molecule has 33 heavy (non-hydrogen) atoms. The number of carbonyl (C=O) groups excluding carboxylic acids is 2. The van der Waals surface area contributed by atoms with Crippen LogP contribution in [0.3, 0.4) is 0 Å². The number of hydrogen-bond acceptors (Lipinski definition) is 5. The lowest BCUT2D eigenvalue weighted by Gasteiger charge is -2.16. The molecule has 0 atom stereocenters. The quantitative estimate of drug-likeness (QED) is 0.538. The summed E-state index contributed by atoms with van der Waals surface area (Å²) in [7, 11) is 0. The lowest BCUT2D eigenvalue weighted by molar-refractivity contribution is -0.137. The van der Waals surface area contributed by atoms with Gasteiger partial charge in [0.25, 0.3) is 11.8 Å². The third-order valence-electron chi connectivity index (χ3n) is 5.73. The number of nitrogens with zero attached hydrogens (tertiary/aromatic N) is 1. The molecule has 7 heteroatoms. The standard InChI is InChI=1S/C26H21ClN2O4/c1-15-3-7-18(8-4-15)23-24(28-19-9-5-16(2)20(27)12-19)26(31)29(25(23)30)13-17-6-10-21-22(11-17)33-14-32-21/h3-12,28H,13-14H2,1-2H3. The molecule has 6 nitrogen and oxygen atoms in total. The topological polar surface area (TPSA) is 67.9 Å². The third kappa shape index (κ3) is 3.94. The van der Waals surface area contributed by atoms with E-state index < -0.39 is 5.91 Å². The molecule has 0 bridgehead atoms. The molecule has 2 aliphatic heterocycles. The summed E-state index contributed by atoms with van der Waals surface area (Å²) in [6.07, 6.45) is 0. The highest BCUT2D eigenvalue weighted by Gasteiger charge is 2.39. The average molecular weight is 461 g/mol. The Hall–Kier alpha value is -3.77. The van der Waals surface area contributed by atoms with Crippen LogP contribution in [-0.2, 0) is 16.1 Å². The van der Waals surface area contributed by atoms with Crippen molar-refractivity contribution in [2.45, 2.75) is 20.4 Å². The minimum Gasteiger partial charge on any atom is -0.454 e. The van der Waals surface area contributed by atoms with Gasteiger partial charge in [-0.3, -0.25) is 14.5 Å². The number of benzene rings is 3. The number of fused-ring (bicyclic) bond motifs is 1. The van der Waals surface area contributed by atoms with Crippen LogP contribution in [0.5, 0.6) is 11.5 Å². The molecule has 0 spiro atoms. The maximum atomic E-state index is 13.5. The molecule has 3 aromatic carbocycles. The van der Waals surface area contributed by atoms with E-state index in [4.69, 9.17) is 21.1 Å². The zero-order valence-corrected chi connectivity index (χ0v) is 18.9. The second kappa shape index (κ2) is 8.30. The van der Waals surface area contributed by atoms with Gasteiger partial charge in [0, 0.05) is 10.7 Å². The van der Waals surface area contributed by atoms with Crippen LogP contribution in [0.4, 0.5) is 5.69 Å². The van der Waals surface area contributed by atoms with Crippen LogP contribution >= 0.6 is 11.6 Å². The van der Waals surface area contributed by atoms with Gasteiger partial charge < -0.3 is 14.8 Å². The molecular formula is C26H21ClN2O4. The molecule has 0 unspecified atom stereocenters. The lowest BCUT2D eigenvalue weighted by Crippen LogP contribution is -2.32. The first-order valence-corrected chi connectivity index (χ1v) is 10.9. The number of amides is 2. The highest BCUT2D eigenvalue weighted by Crippen LogP contribution is 2.35. The van der Waals surface area contributed by atoms with Gasteiger partial charge >= 0.3 is 0 Å². The zero-order chi connectivity index (χ0) is 23.1. The van der Waals surface area contributed by atoms with Crippen LogP contribution in [0.15, 0.2) is 66.4 Å². The fourth-order valence-corrected chi connectivity index (χ4v) is 4.04. The summed E-state index contributed by atoms with van der Waals surface area (Å²) in [5.41, 5.74) is 4.62. The lowest BCUT2D eigenvalue weighted by atomic mass is 10.0. The van der Waals surface area contributed by atoms with Crippen molar-refractivity contribution in [1.29, 1.82) is 0 Å². The minimum atomic E-state index is -0.398. The van der Waals surface area contributed by atoms with Crippen LogP contribution in [0.1, 0.15) is 22.3 Å². The van der Waals surface area contributed by atoms with E-state index in [1.807, 2.05) is 56.3 Å². The number of nitrogens with one attached hydrogen (secondary N) is 1. The molecule has 0 radical (unpaired) electrons. The van der Waals surface area contributed by atoms with E-state index >= 15 is 0 Å². The zero-order valence-electron chi connectivity index (χ0n) is 18.1. The van der Waals surface area contributed by atoms with Gasteiger partial charge in [0.1, 0.15) is 5.70 Å². The van der Waals surface area contributed by atoms with E-state index in [1.54, 1.807) is 18.2 Å². The highest BCUT2D eigenvalue weighted by molar-refractivity contribution is 6.36. The number of aryl methyl sites for hydroxylation is 2. The van der Waals surface area contributed by atoms with Gasteiger partial charge in [0.2, 0.25) is 6.79 Å². The third-order valence-corrected chi connectivity index (χ3v) is 6.13. The van der Waals surface area contributed by atoms with Gasteiger partial charge in [-0.25, -0.2) is 0 Å². The maximum Gasteiger partial charge on any atom is 0.278 e. The second-order valence-electron chi connectivity index (χ2n) is 8.09. The first-order valence-electron chi connectivity index (χ1n) is 10.5. The predicted octanol–water partition coefficient (Wildman–Crippen LogP) is 5.08. The van der Waals surface area contributed by atoms with E-state index in [9.17, 15) is 9.59 Å². The SMILES string of the molecule is Cc1ccc(C2=C(Nc3ccc(C)c(Cl)c3)C(=O)N(Cc3ccc4c(c3)OCO4)C2=O)cc1. The summed E-state index contributed by atoms with van der Waals surface area (Å²) in [4.78, 5) is 28.2. The summed E-state index contributed by atoms with van der Waals surface area (Å²) in [6.45, 7) is 4.15. The number of anilines is 1. The second-order valence-corrected chi connectivity index (χ2v) is 8.50. The first kappa shape index (κ1) is 21.1. The van der Waals surface area contributed by atoms with E-state index in [1.165, 1.54) is 4.90 Å². The summed E-state index contributed by atoms with van der Waals surface area (Å²) < 4.78 is 10.8. The van der Waals surface area contributed by atoms with Crippen molar-refractivity contribution in [3.63, 3.8) is 0 Å². The molecule has 0 saturated heterocycles. The Bertz CT molecular complexity index is 1310. The number of hydrogen-bond donors (Lipinski definition) is 1. The van der Waals surface area contributed by atoms with Crippen LogP contribution in [0.2, 0.25) is 5.02 Å². The molecule has 0 saturated carbocycles.